The van der Waals surface area contributed by atoms with E-state index in [1.54, 1.807) is 18.2 Å². The molecule has 0 fully saturated rings. The van der Waals surface area contributed by atoms with E-state index in [9.17, 15) is 8.42 Å². The van der Waals surface area contributed by atoms with Crippen molar-refractivity contribution < 1.29 is 13.0 Å². The first-order valence-corrected chi connectivity index (χ1v) is 5.43. The Hall–Kier alpha value is 0.130. The Balaban J connectivity index is 0.00000169. The zero-order valence-corrected chi connectivity index (χ0v) is 11.4. The van der Waals surface area contributed by atoms with E-state index in [0.717, 1.165) is 0 Å². The zero-order chi connectivity index (χ0) is 10.1. The van der Waals surface area contributed by atoms with Crippen LogP contribution in [0.25, 0.3) is 0 Å². The van der Waals surface area contributed by atoms with Gasteiger partial charge in [-0.2, -0.15) is 8.42 Å². The van der Waals surface area contributed by atoms with Crippen molar-refractivity contribution in [3.05, 3.63) is 29.8 Å². The Morgan fingerprint density at radius 3 is 2.07 bits per heavy atom. The molecule has 0 heterocycles. The van der Waals surface area contributed by atoms with Gasteiger partial charge in [0.25, 0.3) is 10.1 Å². The van der Waals surface area contributed by atoms with E-state index in [0.29, 0.717) is 5.56 Å². The van der Waals surface area contributed by atoms with Gasteiger partial charge >= 0.3 is 0 Å². The molecule has 5 heteroatoms. The number of rotatable bonds is 2. The molecular formula is C9H12NaO3S. The standard InChI is InChI=1S/C9H12O3S.Na/c1-7(2)8-5-3-4-6-9(8)13(10,11)12;/h3-7H,1-2H3,(H,10,11,12);. The van der Waals surface area contributed by atoms with Gasteiger partial charge in [0.15, 0.2) is 0 Å². The van der Waals surface area contributed by atoms with Crippen molar-refractivity contribution in [1.82, 2.24) is 0 Å². The van der Waals surface area contributed by atoms with Crippen LogP contribution in [0.5, 0.6) is 0 Å². The summed E-state index contributed by atoms with van der Waals surface area (Å²) in [5, 5.41) is 0. The van der Waals surface area contributed by atoms with Gasteiger partial charge in [-0.25, -0.2) is 0 Å². The molecule has 1 aromatic rings. The molecule has 0 saturated carbocycles. The van der Waals surface area contributed by atoms with Crippen LogP contribution in [0.4, 0.5) is 0 Å². The Kier molecular flexibility index (Phi) is 5.33. The van der Waals surface area contributed by atoms with Crippen molar-refractivity contribution >= 4 is 39.7 Å². The van der Waals surface area contributed by atoms with Crippen LogP contribution in [0.3, 0.4) is 0 Å². The normalized spacial score (nSPS) is 11.1. The SMILES string of the molecule is CC(C)c1ccccc1S(=O)(=O)O.[Na]. The maximum atomic E-state index is 10.9. The number of hydrogen-bond donors (Lipinski definition) is 1. The van der Waals surface area contributed by atoms with Gasteiger partial charge < -0.3 is 0 Å². The monoisotopic (exact) mass is 223 g/mol. The zero-order valence-electron chi connectivity index (χ0n) is 8.56. The van der Waals surface area contributed by atoms with Crippen LogP contribution in [-0.4, -0.2) is 42.5 Å². The van der Waals surface area contributed by atoms with Crippen molar-refractivity contribution in [3.8, 4) is 0 Å². The van der Waals surface area contributed by atoms with E-state index in [2.05, 4.69) is 0 Å². The van der Waals surface area contributed by atoms with E-state index >= 15 is 0 Å². The molecule has 0 aliphatic carbocycles. The van der Waals surface area contributed by atoms with Crippen LogP contribution < -0.4 is 0 Å². The smallest absolute Gasteiger partial charge is 0.282 e. The first-order valence-electron chi connectivity index (χ1n) is 3.99. The molecule has 3 nitrogen and oxygen atoms in total. The second-order valence-electron chi connectivity index (χ2n) is 3.17. The molecule has 0 saturated heterocycles. The molecule has 0 atom stereocenters. The van der Waals surface area contributed by atoms with Crippen molar-refractivity contribution in [2.45, 2.75) is 24.7 Å². The molecule has 0 amide bonds. The summed E-state index contributed by atoms with van der Waals surface area (Å²) in [4.78, 5) is 0.00463. The molecule has 1 radical (unpaired) electrons. The maximum absolute atomic E-state index is 10.9. The third-order valence-electron chi connectivity index (χ3n) is 1.82. The van der Waals surface area contributed by atoms with Gasteiger partial charge in [0.1, 0.15) is 0 Å². The summed E-state index contributed by atoms with van der Waals surface area (Å²) in [7, 11) is -4.08. The summed E-state index contributed by atoms with van der Waals surface area (Å²) in [6.07, 6.45) is 0. The third-order valence-corrected chi connectivity index (χ3v) is 2.75. The van der Waals surface area contributed by atoms with Crippen molar-refractivity contribution in [2.75, 3.05) is 0 Å². The maximum Gasteiger partial charge on any atom is 0.294 e. The quantitative estimate of drug-likeness (QED) is 0.613. The molecule has 0 aromatic heterocycles. The van der Waals surface area contributed by atoms with Crippen molar-refractivity contribution in [3.63, 3.8) is 0 Å². The second kappa shape index (κ2) is 5.28. The van der Waals surface area contributed by atoms with Gasteiger partial charge in [0, 0.05) is 29.6 Å². The van der Waals surface area contributed by atoms with Crippen LogP contribution >= 0.6 is 0 Å². The first kappa shape index (κ1) is 14.1. The van der Waals surface area contributed by atoms with Crippen LogP contribution in [0.15, 0.2) is 29.2 Å². The number of hydrogen-bond acceptors (Lipinski definition) is 2. The molecular weight excluding hydrogens is 211 g/mol. The average molecular weight is 223 g/mol. The Bertz CT molecular complexity index is 398. The fraction of sp³-hybridized carbons (Fsp3) is 0.333. The summed E-state index contributed by atoms with van der Waals surface area (Å²) >= 11 is 0. The van der Waals surface area contributed by atoms with E-state index in [4.69, 9.17) is 4.55 Å². The number of benzene rings is 1. The predicted octanol–water partition coefficient (Wildman–Crippen LogP) is 1.68. The van der Waals surface area contributed by atoms with Crippen molar-refractivity contribution in [2.24, 2.45) is 0 Å². The minimum Gasteiger partial charge on any atom is -0.282 e. The molecule has 73 valence electrons. The van der Waals surface area contributed by atoms with E-state index in [1.165, 1.54) is 6.07 Å². The predicted molar refractivity (Wildman–Crippen MR) is 56.1 cm³/mol. The summed E-state index contributed by atoms with van der Waals surface area (Å²) in [6, 6.07) is 6.46. The third kappa shape index (κ3) is 3.37. The Labute approximate surface area is 107 Å². The van der Waals surface area contributed by atoms with Gasteiger partial charge in [-0.1, -0.05) is 32.0 Å². The molecule has 0 spiro atoms. The molecule has 1 rings (SSSR count). The Morgan fingerprint density at radius 1 is 1.21 bits per heavy atom. The fourth-order valence-electron chi connectivity index (χ4n) is 1.19. The molecule has 0 aliphatic heterocycles. The molecule has 0 unspecified atom stereocenters. The second-order valence-corrected chi connectivity index (χ2v) is 4.56. The minimum atomic E-state index is -4.08. The van der Waals surface area contributed by atoms with Crippen LogP contribution in [0.2, 0.25) is 0 Å². The van der Waals surface area contributed by atoms with E-state index < -0.39 is 10.1 Å². The van der Waals surface area contributed by atoms with Gasteiger partial charge in [-0.15, -0.1) is 0 Å². The average Bonchev–Trinajstić information content (AvgIpc) is 2.03. The summed E-state index contributed by atoms with van der Waals surface area (Å²) in [5.74, 6) is 0.0816. The topological polar surface area (TPSA) is 54.4 Å². The van der Waals surface area contributed by atoms with E-state index in [-0.39, 0.29) is 40.4 Å². The van der Waals surface area contributed by atoms with E-state index in [1.807, 2.05) is 13.8 Å². The summed E-state index contributed by atoms with van der Waals surface area (Å²) in [5.41, 5.74) is 0.644. The summed E-state index contributed by atoms with van der Waals surface area (Å²) in [6.45, 7) is 3.76. The largest absolute Gasteiger partial charge is 0.294 e. The van der Waals surface area contributed by atoms with Crippen LogP contribution in [-0.2, 0) is 10.1 Å². The van der Waals surface area contributed by atoms with Crippen LogP contribution in [0, 0.1) is 0 Å². The summed E-state index contributed by atoms with van der Waals surface area (Å²) < 4.78 is 30.7. The van der Waals surface area contributed by atoms with Gasteiger partial charge in [-0.3, -0.25) is 4.55 Å². The molecule has 1 N–H and O–H groups in total. The Morgan fingerprint density at radius 2 is 1.71 bits per heavy atom. The minimum absolute atomic E-state index is 0. The molecule has 1 aromatic carbocycles. The van der Waals surface area contributed by atoms with Gasteiger partial charge in [0.05, 0.1) is 4.90 Å². The molecule has 14 heavy (non-hydrogen) atoms. The van der Waals surface area contributed by atoms with Gasteiger partial charge in [-0.05, 0) is 17.5 Å². The molecule has 0 bridgehead atoms. The molecule has 0 aliphatic rings. The van der Waals surface area contributed by atoms with Gasteiger partial charge in [0.2, 0.25) is 0 Å². The first-order chi connectivity index (χ1) is 5.93. The van der Waals surface area contributed by atoms with Crippen molar-refractivity contribution in [1.29, 1.82) is 0 Å². The fourth-order valence-corrected chi connectivity index (χ4v) is 2.04. The van der Waals surface area contributed by atoms with Crippen LogP contribution in [0.1, 0.15) is 25.3 Å².